The molecule has 0 unspecified atom stereocenters. The van der Waals surface area contributed by atoms with E-state index in [0.29, 0.717) is 43.5 Å². The number of aldehydes is 2. The van der Waals surface area contributed by atoms with Gasteiger partial charge < -0.3 is 14.7 Å². The minimum atomic E-state index is -0.203. The first-order valence-corrected chi connectivity index (χ1v) is 9.26. The summed E-state index contributed by atoms with van der Waals surface area (Å²) in [5.74, 6) is -0.00929. The van der Waals surface area contributed by atoms with Gasteiger partial charge in [0.25, 0.3) is 5.91 Å². The molecule has 7 heteroatoms. The first-order valence-electron chi connectivity index (χ1n) is 9.26. The van der Waals surface area contributed by atoms with Crippen LogP contribution in [-0.4, -0.2) is 52.7 Å². The van der Waals surface area contributed by atoms with Gasteiger partial charge in [-0.15, -0.1) is 0 Å². The maximum absolute atomic E-state index is 13.0. The molecule has 28 heavy (non-hydrogen) atoms. The summed E-state index contributed by atoms with van der Waals surface area (Å²) < 4.78 is 5.69. The number of phenolic OH excluding ortho intramolecular Hbond substituents is 1. The van der Waals surface area contributed by atoms with Crippen molar-refractivity contribution in [3.05, 3.63) is 53.3 Å². The summed E-state index contributed by atoms with van der Waals surface area (Å²) in [5, 5.41) is 9.73. The van der Waals surface area contributed by atoms with E-state index in [9.17, 15) is 19.5 Å². The fourth-order valence-electron chi connectivity index (χ4n) is 3.50. The Morgan fingerprint density at radius 2 is 2.07 bits per heavy atom. The van der Waals surface area contributed by atoms with Crippen LogP contribution in [0.1, 0.15) is 56.9 Å². The second kappa shape index (κ2) is 9.12. The van der Waals surface area contributed by atoms with Gasteiger partial charge in [-0.3, -0.25) is 19.4 Å². The lowest BCUT2D eigenvalue weighted by Crippen LogP contribution is -2.44. The summed E-state index contributed by atoms with van der Waals surface area (Å²) >= 11 is 0. The highest BCUT2D eigenvalue weighted by molar-refractivity contribution is 6.00. The quantitative estimate of drug-likeness (QED) is 0.740. The lowest BCUT2D eigenvalue weighted by molar-refractivity contribution is 0.0578. The van der Waals surface area contributed by atoms with Crippen LogP contribution >= 0.6 is 0 Å². The van der Waals surface area contributed by atoms with Gasteiger partial charge in [-0.25, -0.2) is 0 Å². The Morgan fingerprint density at radius 1 is 1.21 bits per heavy atom. The van der Waals surface area contributed by atoms with E-state index < -0.39 is 0 Å². The molecule has 1 aliphatic heterocycles. The molecule has 1 atom stereocenters. The van der Waals surface area contributed by atoms with E-state index >= 15 is 0 Å². The smallest absolute Gasteiger partial charge is 0.256 e. The number of likely N-dealkylation sites (tertiary alicyclic amines) is 1. The predicted octanol–water partition coefficient (Wildman–Crippen LogP) is 2.88. The fourth-order valence-corrected chi connectivity index (χ4v) is 3.50. The van der Waals surface area contributed by atoms with Crippen LogP contribution in [0, 0.1) is 0 Å². The zero-order valence-corrected chi connectivity index (χ0v) is 15.4. The maximum Gasteiger partial charge on any atom is 0.256 e. The van der Waals surface area contributed by atoms with Gasteiger partial charge in [-0.1, -0.05) is 6.07 Å². The Kier molecular flexibility index (Phi) is 6.37. The molecule has 3 rings (SSSR count). The van der Waals surface area contributed by atoms with E-state index in [1.807, 2.05) is 0 Å². The summed E-state index contributed by atoms with van der Waals surface area (Å²) in [5.41, 5.74) is 0.565. The van der Waals surface area contributed by atoms with Crippen LogP contribution in [0.5, 0.6) is 11.5 Å². The number of pyridine rings is 1. The van der Waals surface area contributed by atoms with Gasteiger partial charge in [0.2, 0.25) is 0 Å². The van der Waals surface area contributed by atoms with Crippen molar-refractivity contribution in [2.24, 2.45) is 0 Å². The van der Waals surface area contributed by atoms with Crippen LogP contribution in [0.25, 0.3) is 0 Å². The number of ether oxygens (including phenoxy) is 1. The van der Waals surface area contributed by atoms with E-state index in [4.69, 9.17) is 4.74 Å². The van der Waals surface area contributed by atoms with Crippen molar-refractivity contribution in [1.82, 2.24) is 9.88 Å². The first kappa shape index (κ1) is 19.5. The Bertz CT molecular complexity index is 868. The molecule has 0 radical (unpaired) electrons. The van der Waals surface area contributed by atoms with Gasteiger partial charge >= 0.3 is 0 Å². The van der Waals surface area contributed by atoms with Crippen LogP contribution in [0.3, 0.4) is 0 Å². The number of hydrogen-bond acceptors (Lipinski definition) is 6. The Balaban J connectivity index is 1.69. The number of hydrogen-bond donors (Lipinski definition) is 1. The van der Waals surface area contributed by atoms with Crippen LogP contribution in [0.4, 0.5) is 0 Å². The Hall–Kier alpha value is -3.22. The number of aromatic nitrogens is 1. The summed E-state index contributed by atoms with van der Waals surface area (Å²) in [6.45, 7) is 0.911. The molecule has 1 aliphatic rings. The highest BCUT2D eigenvalue weighted by atomic mass is 16.5. The number of aromatic hydroxyl groups is 1. The zero-order valence-electron chi connectivity index (χ0n) is 15.4. The zero-order chi connectivity index (χ0) is 19.9. The SMILES string of the molecule is O=Cc1ncccc1C(=O)N1CCCC[C@H]1CCOc1cccc(O)c1C=O. The maximum atomic E-state index is 13.0. The number of carbonyl (C=O) groups excluding carboxylic acids is 3. The molecular formula is C21H22N2O5. The average molecular weight is 382 g/mol. The van der Waals surface area contributed by atoms with Crippen molar-refractivity contribution in [2.75, 3.05) is 13.2 Å². The summed E-state index contributed by atoms with van der Waals surface area (Å²) in [6.07, 6.45) is 5.97. The molecule has 7 nitrogen and oxygen atoms in total. The molecule has 2 aromatic rings. The van der Waals surface area contributed by atoms with Crippen LogP contribution in [0.2, 0.25) is 0 Å². The normalized spacial score (nSPS) is 16.4. The van der Waals surface area contributed by atoms with Crippen molar-refractivity contribution < 1.29 is 24.2 Å². The molecule has 1 amide bonds. The third-order valence-electron chi connectivity index (χ3n) is 4.94. The molecular weight excluding hydrogens is 360 g/mol. The molecule has 1 aromatic heterocycles. The van der Waals surface area contributed by atoms with Gasteiger partial charge in [0.05, 0.1) is 17.7 Å². The number of amides is 1. The van der Waals surface area contributed by atoms with Crippen molar-refractivity contribution in [1.29, 1.82) is 0 Å². The fraction of sp³-hybridized carbons (Fsp3) is 0.333. The molecule has 0 saturated carbocycles. The van der Waals surface area contributed by atoms with Crippen molar-refractivity contribution in [3.63, 3.8) is 0 Å². The van der Waals surface area contributed by atoms with Crippen LogP contribution < -0.4 is 4.74 Å². The van der Waals surface area contributed by atoms with Crippen LogP contribution in [0.15, 0.2) is 36.5 Å². The molecule has 1 fully saturated rings. The van der Waals surface area contributed by atoms with Crippen molar-refractivity contribution >= 4 is 18.5 Å². The topological polar surface area (TPSA) is 96.8 Å². The van der Waals surface area contributed by atoms with Crippen LogP contribution in [-0.2, 0) is 0 Å². The summed E-state index contributed by atoms with van der Waals surface area (Å²) in [4.78, 5) is 41.1. The number of nitrogens with zero attached hydrogens (tertiary/aromatic N) is 2. The van der Waals surface area contributed by atoms with Gasteiger partial charge in [0.1, 0.15) is 17.2 Å². The lowest BCUT2D eigenvalue weighted by atomic mass is 9.98. The molecule has 0 bridgehead atoms. The average Bonchev–Trinajstić information content (AvgIpc) is 2.73. The van der Waals surface area contributed by atoms with Crippen molar-refractivity contribution in [3.8, 4) is 11.5 Å². The summed E-state index contributed by atoms with van der Waals surface area (Å²) in [7, 11) is 0. The number of rotatable bonds is 7. The minimum absolute atomic E-state index is 0.0297. The molecule has 1 N–H and O–H groups in total. The number of phenols is 1. The highest BCUT2D eigenvalue weighted by Gasteiger charge is 2.29. The van der Waals surface area contributed by atoms with Gasteiger partial charge in [0.15, 0.2) is 12.6 Å². The third-order valence-corrected chi connectivity index (χ3v) is 4.94. The Morgan fingerprint density at radius 3 is 2.86 bits per heavy atom. The molecule has 146 valence electrons. The molecule has 1 aromatic carbocycles. The lowest BCUT2D eigenvalue weighted by Gasteiger charge is -2.36. The first-order chi connectivity index (χ1) is 13.7. The van der Waals surface area contributed by atoms with Crippen molar-refractivity contribution in [2.45, 2.75) is 31.7 Å². The van der Waals surface area contributed by atoms with E-state index in [2.05, 4.69) is 4.98 Å². The summed E-state index contributed by atoms with van der Waals surface area (Å²) in [6, 6.07) is 7.89. The molecule has 0 aliphatic carbocycles. The largest absolute Gasteiger partial charge is 0.507 e. The van der Waals surface area contributed by atoms with E-state index in [1.54, 1.807) is 29.2 Å². The highest BCUT2D eigenvalue weighted by Crippen LogP contribution is 2.27. The van der Waals surface area contributed by atoms with Gasteiger partial charge in [-0.2, -0.15) is 0 Å². The van der Waals surface area contributed by atoms with E-state index in [-0.39, 0.29) is 29.0 Å². The van der Waals surface area contributed by atoms with E-state index in [1.165, 1.54) is 12.3 Å². The minimum Gasteiger partial charge on any atom is -0.507 e. The molecule has 0 spiro atoms. The van der Waals surface area contributed by atoms with Gasteiger partial charge in [-0.05, 0) is 43.5 Å². The Labute approximate surface area is 163 Å². The third kappa shape index (κ3) is 4.19. The standard InChI is InChI=1S/C21H22N2O5/c24-13-17-19(26)7-3-8-20(17)28-12-9-15-5-1-2-11-23(15)21(27)16-6-4-10-22-18(16)14-25/h3-4,6-8,10,13-15,26H,1-2,5,9,11-12H2/t15-/m0/s1. The number of benzene rings is 1. The number of piperidine rings is 1. The second-order valence-corrected chi connectivity index (χ2v) is 6.65. The molecule has 1 saturated heterocycles. The second-order valence-electron chi connectivity index (χ2n) is 6.65. The monoisotopic (exact) mass is 382 g/mol. The van der Waals surface area contributed by atoms with E-state index in [0.717, 1.165) is 19.3 Å². The van der Waals surface area contributed by atoms with Gasteiger partial charge in [0, 0.05) is 25.2 Å². The molecule has 2 heterocycles. The number of carbonyl (C=O) groups is 3. The predicted molar refractivity (Wildman–Crippen MR) is 102 cm³/mol.